The molecule has 1 amide bonds. The molecule has 168 valence electrons. The number of esters is 1. The Morgan fingerprint density at radius 3 is 2.52 bits per heavy atom. The van der Waals surface area contributed by atoms with E-state index in [1.165, 1.54) is 25.8 Å². The number of rotatable bonds is 8. The van der Waals surface area contributed by atoms with Gasteiger partial charge in [-0.05, 0) is 29.8 Å². The number of benzene rings is 1. The molecule has 0 fully saturated rings. The maximum Gasteiger partial charge on any atom is 0.305 e. The van der Waals surface area contributed by atoms with Crippen LogP contribution >= 0.6 is 11.8 Å². The van der Waals surface area contributed by atoms with E-state index in [1.54, 1.807) is 24.3 Å². The number of nitrogens with two attached hydrogens (primary N) is 1. The highest BCUT2D eigenvalue weighted by Gasteiger charge is 2.15. The molecule has 2 aromatic heterocycles. The second-order valence-electron chi connectivity index (χ2n) is 6.94. The number of hydrogen-bond donors (Lipinski definition) is 2. The largest absolute Gasteiger partial charge is 0.469 e. The van der Waals surface area contributed by atoms with Gasteiger partial charge >= 0.3 is 5.97 Å². The molecule has 3 rings (SSSR count). The van der Waals surface area contributed by atoms with Crippen LogP contribution in [-0.2, 0) is 26.5 Å². The molecule has 0 aliphatic rings. The average molecular weight is 463 g/mol. The number of carbonyl (C=O) groups excluding carboxylic acids is 2. The summed E-state index contributed by atoms with van der Waals surface area (Å²) >= 11 is 1.35. The van der Waals surface area contributed by atoms with Gasteiger partial charge in [-0.15, -0.1) is 0 Å². The summed E-state index contributed by atoms with van der Waals surface area (Å²) in [7, 11) is 1.36. The van der Waals surface area contributed by atoms with Crippen molar-refractivity contribution in [2.24, 2.45) is 0 Å². The molecule has 2 heterocycles. The molecule has 3 aromatic rings. The van der Waals surface area contributed by atoms with Crippen molar-refractivity contribution in [3.05, 3.63) is 65.3 Å². The summed E-state index contributed by atoms with van der Waals surface area (Å²) in [6.07, 6.45) is 0.759. The van der Waals surface area contributed by atoms with Crippen LogP contribution in [0.2, 0.25) is 0 Å². The molecule has 0 radical (unpaired) electrons. The summed E-state index contributed by atoms with van der Waals surface area (Å²) in [6, 6.07) is 12.6. The van der Waals surface area contributed by atoms with Crippen LogP contribution in [0.4, 0.5) is 17.2 Å². The third-order valence-electron chi connectivity index (χ3n) is 4.51. The third-order valence-corrected chi connectivity index (χ3v) is 5.39. The Morgan fingerprint density at radius 1 is 1.12 bits per heavy atom. The number of carbonyl (C=O) groups is 2. The normalized spacial score (nSPS) is 10.3. The number of nitrogens with one attached hydrogen (secondary N) is 1. The molecular formula is C23H22N6O3S. The van der Waals surface area contributed by atoms with E-state index < -0.39 is 0 Å². The van der Waals surface area contributed by atoms with Crippen LogP contribution < -0.4 is 11.1 Å². The lowest BCUT2D eigenvalue weighted by molar-refractivity contribution is -0.140. The zero-order valence-electron chi connectivity index (χ0n) is 18.2. The minimum Gasteiger partial charge on any atom is -0.469 e. The monoisotopic (exact) mass is 462 g/mol. The zero-order chi connectivity index (χ0) is 23.8. The van der Waals surface area contributed by atoms with Gasteiger partial charge in [0.05, 0.1) is 31.5 Å². The molecule has 9 nitrogen and oxygen atoms in total. The van der Waals surface area contributed by atoms with E-state index in [0.717, 1.165) is 11.4 Å². The molecular weight excluding hydrogens is 440 g/mol. The summed E-state index contributed by atoms with van der Waals surface area (Å²) < 4.78 is 4.67. The number of ether oxygens (including phenoxy) is 1. The van der Waals surface area contributed by atoms with Crippen molar-refractivity contribution in [1.82, 2.24) is 15.0 Å². The number of thioether (sulfide) groups is 1. The molecule has 0 saturated carbocycles. The van der Waals surface area contributed by atoms with Crippen molar-refractivity contribution in [1.29, 1.82) is 0 Å². The Labute approximate surface area is 195 Å². The average Bonchev–Trinajstić information content (AvgIpc) is 2.81. The first-order valence-electron chi connectivity index (χ1n) is 9.97. The van der Waals surface area contributed by atoms with E-state index in [2.05, 4.69) is 29.9 Å². The van der Waals surface area contributed by atoms with Crippen LogP contribution in [0, 0.1) is 6.57 Å². The van der Waals surface area contributed by atoms with Gasteiger partial charge in [-0.2, -0.15) is 0 Å². The van der Waals surface area contributed by atoms with Crippen LogP contribution in [0.5, 0.6) is 0 Å². The van der Waals surface area contributed by atoms with Crippen LogP contribution in [-0.4, -0.2) is 33.9 Å². The first-order valence-corrected chi connectivity index (χ1v) is 11.0. The predicted molar refractivity (Wildman–Crippen MR) is 127 cm³/mol. The molecule has 1 aromatic carbocycles. The van der Waals surface area contributed by atoms with Crippen LogP contribution in [0.1, 0.15) is 24.7 Å². The van der Waals surface area contributed by atoms with Crippen molar-refractivity contribution >= 4 is 40.8 Å². The Balaban J connectivity index is 1.78. The Hall–Kier alpha value is -3.97. The Kier molecular flexibility index (Phi) is 7.94. The quantitative estimate of drug-likeness (QED) is 0.223. The Morgan fingerprint density at radius 2 is 1.85 bits per heavy atom. The second-order valence-corrected chi connectivity index (χ2v) is 7.89. The van der Waals surface area contributed by atoms with Gasteiger partial charge < -0.3 is 15.8 Å². The van der Waals surface area contributed by atoms with Gasteiger partial charge in [0, 0.05) is 30.5 Å². The molecule has 0 bridgehead atoms. The Bertz CT molecular complexity index is 1210. The van der Waals surface area contributed by atoms with E-state index in [-0.39, 0.29) is 29.8 Å². The van der Waals surface area contributed by atoms with Crippen molar-refractivity contribution in [2.75, 3.05) is 18.2 Å². The predicted octanol–water partition coefficient (Wildman–Crippen LogP) is 4.03. The number of hydrogen-bond acceptors (Lipinski definition) is 8. The minimum absolute atomic E-state index is 0.100. The summed E-state index contributed by atoms with van der Waals surface area (Å²) in [6.45, 7) is 8.92. The fourth-order valence-corrected chi connectivity index (χ4v) is 3.72. The minimum atomic E-state index is -0.280. The summed E-state index contributed by atoms with van der Waals surface area (Å²) in [4.78, 5) is 39.5. The highest BCUT2D eigenvalue weighted by atomic mass is 32.2. The first kappa shape index (κ1) is 23.7. The molecule has 0 spiro atoms. The highest BCUT2D eigenvalue weighted by molar-refractivity contribution is 7.98. The molecule has 0 saturated heterocycles. The van der Waals surface area contributed by atoms with Crippen molar-refractivity contribution in [3.63, 3.8) is 0 Å². The van der Waals surface area contributed by atoms with Crippen molar-refractivity contribution < 1.29 is 14.3 Å². The van der Waals surface area contributed by atoms with Gasteiger partial charge in [-0.1, -0.05) is 30.0 Å². The topological polar surface area (TPSA) is 124 Å². The number of aryl methyl sites for hydroxylation is 1. The van der Waals surface area contributed by atoms with E-state index in [0.29, 0.717) is 34.3 Å². The molecule has 10 heteroatoms. The zero-order valence-corrected chi connectivity index (χ0v) is 19.0. The van der Waals surface area contributed by atoms with Crippen LogP contribution in [0.3, 0.4) is 0 Å². The van der Waals surface area contributed by atoms with Crippen molar-refractivity contribution in [2.45, 2.75) is 30.7 Å². The van der Waals surface area contributed by atoms with E-state index in [1.807, 2.05) is 18.2 Å². The first-order chi connectivity index (χ1) is 15.9. The molecule has 0 unspecified atom stereocenters. The smallest absolute Gasteiger partial charge is 0.305 e. The highest BCUT2D eigenvalue weighted by Crippen LogP contribution is 2.35. The van der Waals surface area contributed by atoms with Gasteiger partial charge in [-0.3, -0.25) is 14.6 Å². The number of anilines is 2. The number of nitrogens with zero attached hydrogens (tertiary/aromatic N) is 4. The van der Waals surface area contributed by atoms with Gasteiger partial charge in [-0.25, -0.2) is 14.8 Å². The van der Waals surface area contributed by atoms with E-state index in [9.17, 15) is 9.59 Å². The maximum absolute atomic E-state index is 11.4. The maximum atomic E-state index is 11.4. The molecule has 33 heavy (non-hydrogen) atoms. The van der Waals surface area contributed by atoms with E-state index >= 15 is 0 Å². The number of pyridine rings is 1. The summed E-state index contributed by atoms with van der Waals surface area (Å²) in [5, 5.41) is 3.12. The number of amides is 1. The number of nitrogen functional groups attached to an aromatic ring is 1. The summed E-state index contributed by atoms with van der Waals surface area (Å²) in [5.74, 6) is 0.141. The van der Waals surface area contributed by atoms with Crippen molar-refractivity contribution in [3.8, 4) is 11.3 Å². The summed E-state index contributed by atoms with van der Waals surface area (Å²) in [5.41, 5.74) is 9.58. The lowest BCUT2D eigenvalue weighted by Crippen LogP contribution is -2.05. The molecule has 0 aliphatic heterocycles. The molecule has 0 aliphatic carbocycles. The standard InChI is InChI=1S/C23H22N6O3S/c1-14(30)26-17-9-7-15(8-10-17)20-21(25-2)22(24)29-23(28-20)33-13-18-6-4-5-16(27-18)11-12-19(31)32-3/h4-10H,11-13H2,1,3H3,(H,26,30)(H2,24,28,29). The number of aromatic nitrogens is 3. The van der Waals surface area contributed by atoms with Gasteiger partial charge in [0.15, 0.2) is 5.16 Å². The van der Waals surface area contributed by atoms with E-state index in [4.69, 9.17) is 12.3 Å². The SMILES string of the molecule is [C-]#[N+]c1c(N)nc(SCc2cccc(CCC(=O)OC)n2)nc1-c1ccc(NC(C)=O)cc1. The van der Waals surface area contributed by atoms with Crippen LogP contribution in [0.15, 0.2) is 47.6 Å². The number of methoxy groups -OCH3 is 1. The molecule has 0 atom stereocenters. The van der Waals surface area contributed by atoms with Gasteiger partial charge in [0.1, 0.15) is 5.82 Å². The second kappa shape index (κ2) is 11.1. The van der Waals surface area contributed by atoms with Gasteiger partial charge in [0.2, 0.25) is 5.91 Å². The lowest BCUT2D eigenvalue weighted by Gasteiger charge is -2.10. The fraction of sp³-hybridized carbons (Fsp3) is 0.217. The van der Waals surface area contributed by atoms with Gasteiger partial charge in [0.25, 0.3) is 5.69 Å². The fourth-order valence-electron chi connectivity index (χ4n) is 2.96. The third kappa shape index (κ3) is 6.51. The molecule has 3 N–H and O–H groups in total. The van der Waals surface area contributed by atoms with Crippen LogP contribution in [0.25, 0.3) is 16.1 Å². The lowest BCUT2D eigenvalue weighted by atomic mass is 10.1.